The lowest BCUT2D eigenvalue weighted by Gasteiger charge is -2.18. The molecule has 0 bridgehead atoms. The fourth-order valence-electron chi connectivity index (χ4n) is 2.27. The number of rotatable bonds is 7. The van der Waals surface area contributed by atoms with Crippen LogP contribution in [0.5, 0.6) is 0 Å². The van der Waals surface area contributed by atoms with Gasteiger partial charge in [-0.05, 0) is 30.2 Å². The Hall–Kier alpha value is -1.77. The summed E-state index contributed by atoms with van der Waals surface area (Å²) in [6.07, 6.45) is 0. The largest absolute Gasteiger partial charge is 0.298 e. The van der Waals surface area contributed by atoms with Crippen molar-refractivity contribution in [2.75, 3.05) is 18.4 Å². The standard InChI is InChI=1S/C17H23N3O3S2/c1-5-20(6-2)25(22,23)14-9-7-13(8-10-14)16(21)19-17-18-15(11-24-17)12(3)4/h7-12H,5-6H2,1-4H3,(H,18,19,21). The predicted molar refractivity (Wildman–Crippen MR) is 101 cm³/mol. The summed E-state index contributed by atoms with van der Waals surface area (Å²) in [5.41, 5.74) is 1.32. The molecule has 25 heavy (non-hydrogen) atoms. The molecule has 8 heteroatoms. The Kier molecular flexibility index (Phi) is 6.31. The second-order valence-corrected chi connectivity index (χ2v) is 8.60. The highest BCUT2D eigenvalue weighted by Crippen LogP contribution is 2.22. The van der Waals surface area contributed by atoms with Crippen molar-refractivity contribution in [2.24, 2.45) is 0 Å². The normalized spacial score (nSPS) is 11.9. The van der Waals surface area contributed by atoms with E-state index in [-0.39, 0.29) is 10.8 Å². The molecule has 0 atom stereocenters. The van der Waals surface area contributed by atoms with Gasteiger partial charge in [0.2, 0.25) is 10.0 Å². The lowest BCUT2D eigenvalue weighted by molar-refractivity contribution is 0.102. The third kappa shape index (κ3) is 4.45. The van der Waals surface area contributed by atoms with Crippen molar-refractivity contribution in [3.8, 4) is 0 Å². The van der Waals surface area contributed by atoms with Gasteiger partial charge in [0, 0.05) is 24.0 Å². The van der Waals surface area contributed by atoms with Gasteiger partial charge in [-0.15, -0.1) is 11.3 Å². The number of aromatic nitrogens is 1. The van der Waals surface area contributed by atoms with Crippen LogP contribution in [-0.2, 0) is 10.0 Å². The number of hydrogen-bond acceptors (Lipinski definition) is 5. The highest BCUT2D eigenvalue weighted by Gasteiger charge is 2.21. The molecule has 1 amide bonds. The van der Waals surface area contributed by atoms with E-state index in [1.165, 1.54) is 39.9 Å². The van der Waals surface area contributed by atoms with Crippen molar-refractivity contribution in [3.05, 3.63) is 40.9 Å². The summed E-state index contributed by atoms with van der Waals surface area (Å²) in [5.74, 6) is -0.0112. The van der Waals surface area contributed by atoms with Crippen LogP contribution in [0.1, 0.15) is 49.7 Å². The van der Waals surface area contributed by atoms with Gasteiger partial charge in [0.05, 0.1) is 10.6 Å². The average molecular weight is 382 g/mol. The zero-order valence-electron chi connectivity index (χ0n) is 14.8. The first kappa shape index (κ1) is 19.6. The Labute approximate surface area is 153 Å². The molecule has 6 nitrogen and oxygen atoms in total. The summed E-state index contributed by atoms with van der Waals surface area (Å²) in [4.78, 5) is 16.8. The van der Waals surface area contributed by atoms with Gasteiger partial charge in [-0.1, -0.05) is 27.7 Å². The lowest BCUT2D eigenvalue weighted by atomic mass is 10.2. The van der Waals surface area contributed by atoms with Gasteiger partial charge in [0.15, 0.2) is 5.13 Å². The number of nitrogens with zero attached hydrogens (tertiary/aromatic N) is 2. The fourth-order valence-corrected chi connectivity index (χ4v) is 4.59. The quantitative estimate of drug-likeness (QED) is 0.795. The zero-order valence-corrected chi connectivity index (χ0v) is 16.4. The third-order valence-corrected chi connectivity index (χ3v) is 6.63. The van der Waals surface area contributed by atoms with E-state index < -0.39 is 10.0 Å². The van der Waals surface area contributed by atoms with Crippen LogP contribution in [-0.4, -0.2) is 36.7 Å². The summed E-state index contributed by atoms with van der Waals surface area (Å²) in [6.45, 7) is 8.47. The molecule has 1 N–H and O–H groups in total. The third-order valence-electron chi connectivity index (χ3n) is 3.79. The molecule has 2 rings (SSSR count). The Balaban J connectivity index is 2.14. The van der Waals surface area contributed by atoms with E-state index in [1.807, 2.05) is 19.2 Å². The van der Waals surface area contributed by atoms with Crippen molar-refractivity contribution < 1.29 is 13.2 Å². The number of carbonyl (C=O) groups is 1. The van der Waals surface area contributed by atoms with Gasteiger partial charge in [0.1, 0.15) is 0 Å². The number of amides is 1. The number of nitrogens with one attached hydrogen (secondary N) is 1. The first-order valence-electron chi connectivity index (χ1n) is 8.16. The topological polar surface area (TPSA) is 79.4 Å². The van der Waals surface area contributed by atoms with Crippen molar-refractivity contribution >= 4 is 32.4 Å². The summed E-state index contributed by atoms with van der Waals surface area (Å²) in [7, 11) is -3.52. The SMILES string of the molecule is CCN(CC)S(=O)(=O)c1ccc(C(=O)Nc2nc(C(C)C)cs2)cc1. The number of thiazole rings is 1. The molecule has 0 aliphatic carbocycles. The molecular weight excluding hydrogens is 358 g/mol. The maximum Gasteiger partial charge on any atom is 0.257 e. The lowest BCUT2D eigenvalue weighted by Crippen LogP contribution is -2.30. The maximum absolute atomic E-state index is 12.5. The monoisotopic (exact) mass is 381 g/mol. The van der Waals surface area contributed by atoms with E-state index in [9.17, 15) is 13.2 Å². The van der Waals surface area contributed by atoms with Gasteiger partial charge in [-0.2, -0.15) is 4.31 Å². The minimum absolute atomic E-state index is 0.184. The maximum atomic E-state index is 12.5. The van der Waals surface area contributed by atoms with E-state index in [2.05, 4.69) is 10.3 Å². The minimum Gasteiger partial charge on any atom is -0.298 e. The second kappa shape index (κ2) is 8.07. The van der Waals surface area contributed by atoms with E-state index in [4.69, 9.17) is 0 Å². The molecule has 0 aliphatic heterocycles. The molecule has 0 aliphatic rings. The van der Waals surface area contributed by atoms with Crippen LogP contribution in [0, 0.1) is 0 Å². The Morgan fingerprint density at radius 3 is 2.28 bits per heavy atom. The predicted octanol–water partition coefficient (Wildman–Crippen LogP) is 3.55. The summed E-state index contributed by atoms with van der Waals surface area (Å²) in [6, 6.07) is 5.96. The van der Waals surface area contributed by atoms with Crippen LogP contribution < -0.4 is 5.32 Å². The molecule has 1 aromatic heterocycles. The Morgan fingerprint density at radius 2 is 1.80 bits per heavy atom. The van der Waals surface area contributed by atoms with Gasteiger partial charge in [-0.3, -0.25) is 10.1 Å². The molecule has 0 spiro atoms. The molecule has 1 heterocycles. The van der Waals surface area contributed by atoms with Crippen LogP contribution in [0.15, 0.2) is 34.5 Å². The molecule has 0 fully saturated rings. The minimum atomic E-state index is -3.52. The second-order valence-electron chi connectivity index (χ2n) is 5.80. The van der Waals surface area contributed by atoms with E-state index >= 15 is 0 Å². The average Bonchev–Trinajstić information content (AvgIpc) is 3.04. The number of anilines is 1. The van der Waals surface area contributed by atoms with E-state index in [1.54, 1.807) is 13.8 Å². The van der Waals surface area contributed by atoms with E-state index in [0.29, 0.717) is 29.7 Å². The molecule has 2 aromatic rings. The Morgan fingerprint density at radius 1 is 1.20 bits per heavy atom. The van der Waals surface area contributed by atoms with Crippen molar-refractivity contribution in [3.63, 3.8) is 0 Å². The summed E-state index contributed by atoms with van der Waals surface area (Å²) in [5, 5.41) is 5.20. The van der Waals surface area contributed by atoms with Crippen molar-refractivity contribution in [1.29, 1.82) is 0 Å². The summed E-state index contributed by atoms with van der Waals surface area (Å²) < 4.78 is 26.3. The smallest absolute Gasteiger partial charge is 0.257 e. The van der Waals surface area contributed by atoms with Crippen LogP contribution >= 0.6 is 11.3 Å². The molecule has 1 aromatic carbocycles. The number of sulfonamides is 1. The fraction of sp³-hybridized carbons (Fsp3) is 0.412. The molecule has 136 valence electrons. The molecule has 0 saturated heterocycles. The molecule has 0 radical (unpaired) electrons. The van der Waals surface area contributed by atoms with Gasteiger partial charge in [-0.25, -0.2) is 13.4 Å². The van der Waals surface area contributed by atoms with Gasteiger partial charge < -0.3 is 0 Å². The first-order chi connectivity index (χ1) is 11.8. The number of hydrogen-bond donors (Lipinski definition) is 1. The molecule has 0 unspecified atom stereocenters. The highest BCUT2D eigenvalue weighted by atomic mass is 32.2. The molecule has 0 saturated carbocycles. The van der Waals surface area contributed by atoms with Crippen LogP contribution in [0.3, 0.4) is 0 Å². The Bertz CT molecular complexity index is 823. The first-order valence-corrected chi connectivity index (χ1v) is 10.5. The van der Waals surface area contributed by atoms with Crippen molar-refractivity contribution in [1.82, 2.24) is 9.29 Å². The zero-order chi connectivity index (χ0) is 18.6. The summed E-state index contributed by atoms with van der Waals surface area (Å²) >= 11 is 1.37. The van der Waals surface area contributed by atoms with Crippen LogP contribution in [0.2, 0.25) is 0 Å². The van der Waals surface area contributed by atoms with Crippen LogP contribution in [0.4, 0.5) is 5.13 Å². The number of carbonyl (C=O) groups excluding carboxylic acids is 1. The van der Waals surface area contributed by atoms with Crippen LogP contribution in [0.25, 0.3) is 0 Å². The van der Waals surface area contributed by atoms with Gasteiger partial charge >= 0.3 is 0 Å². The molecular formula is C17H23N3O3S2. The highest BCUT2D eigenvalue weighted by molar-refractivity contribution is 7.89. The van der Waals surface area contributed by atoms with E-state index in [0.717, 1.165) is 5.69 Å². The van der Waals surface area contributed by atoms with Crippen molar-refractivity contribution in [2.45, 2.75) is 38.5 Å². The van der Waals surface area contributed by atoms with Gasteiger partial charge in [0.25, 0.3) is 5.91 Å². The number of benzene rings is 1.